The second kappa shape index (κ2) is 8.13. The topological polar surface area (TPSA) is 88.4 Å². The Kier molecular flexibility index (Phi) is 5.85. The summed E-state index contributed by atoms with van der Waals surface area (Å²) in [6.45, 7) is 1.84. The fourth-order valence-electron chi connectivity index (χ4n) is 2.91. The van der Waals surface area contributed by atoms with Crippen molar-refractivity contribution >= 4 is 15.9 Å². The van der Waals surface area contributed by atoms with E-state index < -0.39 is 15.8 Å². The van der Waals surface area contributed by atoms with Gasteiger partial charge in [0.05, 0.1) is 17.6 Å². The first-order valence-corrected chi connectivity index (χ1v) is 10.2. The molecule has 0 aliphatic carbocycles. The summed E-state index contributed by atoms with van der Waals surface area (Å²) in [6.07, 6.45) is 4.65. The first-order chi connectivity index (χ1) is 12.9. The molecule has 8 nitrogen and oxygen atoms in total. The molecule has 1 aliphatic rings. The third kappa shape index (κ3) is 4.51. The van der Waals surface area contributed by atoms with Gasteiger partial charge in [0.2, 0.25) is 10.0 Å². The first-order valence-electron chi connectivity index (χ1n) is 8.79. The Hall–Kier alpha value is -2.33. The lowest BCUT2D eigenvalue weighted by Gasteiger charge is -2.25. The number of likely N-dealkylation sites (tertiary alicyclic amines) is 1. The number of carbonyl (C=O) groups excluding carboxylic acids is 1. The first kappa shape index (κ1) is 19.4. The molecule has 0 unspecified atom stereocenters. The number of amides is 1. The minimum atomic E-state index is -3.72. The number of aromatic nitrogens is 3. The molecule has 1 amide bonds. The molecule has 1 aliphatic heterocycles. The molecule has 10 heteroatoms. The average molecular weight is 395 g/mol. The zero-order valence-corrected chi connectivity index (χ0v) is 15.9. The highest BCUT2D eigenvalue weighted by Gasteiger charge is 2.23. The molecule has 0 atom stereocenters. The monoisotopic (exact) mass is 395 g/mol. The average Bonchev–Trinajstić information content (AvgIpc) is 3.15. The summed E-state index contributed by atoms with van der Waals surface area (Å²) in [5.74, 6) is -0.640. The predicted octanol–water partition coefficient (Wildman–Crippen LogP) is 1.36. The quantitative estimate of drug-likeness (QED) is 0.737. The molecule has 1 fully saturated rings. The minimum Gasteiger partial charge on any atom is -0.337 e. The van der Waals surface area contributed by atoms with Gasteiger partial charge in [0, 0.05) is 26.7 Å². The number of carbonyl (C=O) groups is 1. The van der Waals surface area contributed by atoms with Gasteiger partial charge in [-0.05, 0) is 43.5 Å². The van der Waals surface area contributed by atoms with E-state index in [1.54, 1.807) is 4.90 Å². The van der Waals surface area contributed by atoms with Crippen LogP contribution in [0.2, 0.25) is 0 Å². The van der Waals surface area contributed by atoms with Gasteiger partial charge in [0.25, 0.3) is 5.91 Å². The van der Waals surface area contributed by atoms with Crippen molar-refractivity contribution in [3.8, 4) is 0 Å². The molecule has 1 saturated heterocycles. The predicted molar refractivity (Wildman–Crippen MR) is 96.0 cm³/mol. The summed E-state index contributed by atoms with van der Waals surface area (Å²) in [4.78, 5) is 14.2. The highest BCUT2D eigenvalue weighted by atomic mass is 32.2. The van der Waals surface area contributed by atoms with Crippen LogP contribution in [-0.4, -0.2) is 65.2 Å². The Morgan fingerprint density at radius 3 is 2.52 bits per heavy atom. The van der Waals surface area contributed by atoms with Crippen LogP contribution in [0.15, 0.2) is 35.4 Å². The number of nitrogens with zero attached hydrogens (tertiary/aromatic N) is 5. The third-order valence-corrected chi connectivity index (χ3v) is 6.44. The highest BCUT2D eigenvalue weighted by Crippen LogP contribution is 2.15. The van der Waals surface area contributed by atoms with Crippen LogP contribution < -0.4 is 0 Å². The Balaban J connectivity index is 1.60. The molecule has 0 bridgehead atoms. The third-order valence-electron chi connectivity index (χ3n) is 4.57. The zero-order valence-electron chi connectivity index (χ0n) is 15.1. The Bertz CT molecular complexity index is 892. The van der Waals surface area contributed by atoms with E-state index in [9.17, 15) is 17.6 Å². The lowest BCUT2D eigenvalue weighted by Crippen LogP contribution is -2.35. The minimum absolute atomic E-state index is 0.0194. The molecule has 0 saturated carbocycles. The summed E-state index contributed by atoms with van der Waals surface area (Å²) in [5.41, 5.74) is 0.265. The van der Waals surface area contributed by atoms with Crippen LogP contribution in [-0.2, 0) is 16.6 Å². The van der Waals surface area contributed by atoms with Gasteiger partial charge in [-0.3, -0.25) is 9.48 Å². The molecule has 0 spiro atoms. The summed E-state index contributed by atoms with van der Waals surface area (Å²) in [7, 11) is -2.28. The Labute approximate surface area is 157 Å². The molecular formula is C17H22FN5O3S. The second-order valence-electron chi connectivity index (χ2n) is 6.50. The van der Waals surface area contributed by atoms with Gasteiger partial charge in [0.1, 0.15) is 5.82 Å². The van der Waals surface area contributed by atoms with Gasteiger partial charge in [-0.15, -0.1) is 5.10 Å². The molecular weight excluding hydrogens is 373 g/mol. The summed E-state index contributed by atoms with van der Waals surface area (Å²) in [6, 6.07) is 4.67. The lowest BCUT2D eigenvalue weighted by atomic mass is 10.1. The van der Waals surface area contributed by atoms with E-state index in [4.69, 9.17) is 0 Å². The molecule has 146 valence electrons. The number of benzene rings is 1. The van der Waals surface area contributed by atoms with Crippen LogP contribution in [0.1, 0.15) is 29.8 Å². The van der Waals surface area contributed by atoms with Crippen LogP contribution in [0.25, 0.3) is 0 Å². The largest absolute Gasteiger partial charge is 0.337 e. The van der Waals surface area contributed by atoms with Crippen LogP contribution in [0.3, 0.4) is 0 Å². The molecule has 0 N–H and O–H groups in total. The fourth-order valence-corrected chi connectivity index (χ4v) is 4.08. The molecule has 2 heterocycles. The maximum absolute atomic E-state index is 13.0. The van der Waals surface area contributed by atoms with Crippen molar-refractivity contribution in [1.29, 1.82) is 0 Å². The van der Waals surface area contributed by atoms with Gasteiger partial charge in [-0.25, -0.2) is 12.8 Å². The van der Waals surface area contributed by atoms with Crippen molar-refractivity contribution in [2.24, 2.45) is 0 Å². The SMILES string of the molecule is CN(CCn1cc(C(=O)N2CCCCC2)nn1)S(=O)(=O)c1ccc(F)cc1. The fraction of sp³-hybridized carbons (Fsp3) is 0.471. The Morgan fingerprint density at radius 1 is 1.19 bits per heavy atom. The van der Waals surface area contributed by atoms with Crippen molar-refractivity contribution < 1.29 is 17.6 Å². The molecule has 3 rings (SSSR count). The van der Waals surface area contributed by atoms with Gasteiger partial charge >= 0.3 is 0 Å². The van der Waals surface area contributed by atoms with Crippen molar-refractivity contribution in [2.45, 2.75) is 30.7 Å². The Morgan fingerprint density at radius 2 is 1.85 bits per heavy atom. The van der Waals surface area contributed by atoms with Gasteiger partial charge in [-0.2, -0.15) is 4.31 Å². The van der Waals surface area contributed by atoms with E-state index in [2.05, 4.69) is 10.3 Å². The summed E-state index contributed by atoms with van der Waals surface area (Å²) >= 11 is 0. The zero-order chi connectivity index (χ0) is 19.4. The number of hydrogen-bond donors (Lipinski definition) is 0. The van der Waals surface area contributed by atoms with Crippen molar-refractivity contribution in [2.75, 3.05) is 26.7 Å². The van der Waals surface area contributed by atoms with Crippen molar-refractivity contribution in [3.63, 3.8) is 0 Å². The number of rotatable bonds is 6. The molecule has 0 radical (unpaired) electrons. The number of likely N-dealkylation sites (N-methyl/N-ethyl adjacent to an activating group) is 1. The molecule has 1 aromatic heterocycles. The normalized spacial score (nSPS) is 15.3. The van der Waals surface area contributed by atoms with E-state index >= 15 is 0 Å². The van der Waals surface area contributed by atoms with Gasteiger partial charge < -0.3 is 4.90 Å². The van der Waals surface area contributed by atoms with E-state index in [0.717, 1.165) is 48.8 Å². The maximum atomic E-state index is 13.0. The van der Waals surface area contributed by atoms with E-state index in [0.29, 0.717) is 0 Å². The summed E-state index contributed by atoms with van der Waals surface area (Å²) < 4.78 is 40.6. The van der Waals surface area contributed by atoms with E-state index in [1.165, 1.54) is 30.1 Å². The van der Waals surface area contributed by atoms with Crippen LogP contribution in [0.5, 0.6) is 0 Å². The lowest BCUT2D eigenvalue weighted by molar-refractivity contribution is 0.0718. The maximum Gasteiger partial charge on any atom is 0.276 e. The smallest absolute Gasteiger partial charge is 0.276 e. The molecule has 2 aromatic rings. The van der Waals surface area contributed by atoms with Crippen LogP contribution in [0.4, 0.5) is 4.39 Å². The van der Waals surface area contributed by atoms with Crippen LogP contribution >= 0.6 is 0 Å². The van der Waals surface area contributed by atoms with Gasteiger partial charge in [0.15, 0.2) is 5.69 Å². The standard InChI is InChI=1S/C17H22FN5O3S/c1-21(27(25,26)15-7-5-14(18)6-8-15)11-12-23-13-16(19-20-23)17(24)22-9-3-2-4-10-22/h5-8,13H,2-4,9-12H2,1H3. The summed E-state index contributed by atoms with van der Waals surface area (Å²) in [5, 5.41) is 7.83. The van der Waals surface area contributed by atoms with Crippen molar-refractivity contribution in [1.82, 2.24) is 24.2 Å². The van der Waals surface area contributed by atoms with Gasteiger partial charge in [-0.1, -0.05) is 5.21 Å². The number of hydrogen-bond acceptors (Lipinski definition) is 5. The van der Waals surface area contributed by atoms with Crippen molar-refractivity contribution in [3.05, 3.63) is 42.0 Å². The number of halogens is 1. The number of sulfonamides is 1. The highest BCUT2D eigenvalue weighted by molar-refractivity contribution is 7.89. The molecule has 1 aromatic carbocycles. The molecule has 27 heavy (non-hydrogen) atoms. The second-order valence-corrected chi connectivity index (χ2v) is 8.55. The number of piperidine rings is 1. The van der Waals surface area contributed by atoms with E-state index in [1.807, 2.05) is 0 Å². The van der Waals surface area contributed by atoms with Crippen LogP contribution in [0, 0.1) is 5.82 Å². The van der Waals surface area contributed by atoms with E-state index in [-0.39, 0.29) is 29.6 Å².